The summed E-state index contributed by atoms with van der Waals surface area (Å²) in [6, 6.07) is 15.4. The highest BCUT2D eigenvalue weighted by Crippen LogP contribution is 2.21. The Morgan fingerprint density at radius 3 is 1.39 bits per heavy atom. The molecule has 0 radical (unpaired) electrons. The van der Waals surface area contributed by atoms with Crippen LogP contribution in [0.15, 0.2) is 73.1 Å². The van der Waals surface area contributed by atoms with Gasteiger partial charge in [-0.2, -0.15) is 0 Å². The SMILES string of the molecule is CC(C)(C)OC(=O)N[C@@H](CC#Cc1c(CC[C@H](NC(=O)OCc2ccccc2)C(=O)OC(C)(C)C)cncc1CC[C@H](NC(=O)OCc1ccccc1)C(=O)OC(C)(C)C)C(=O)OCC[Si](C)(C)C. The standard InChI is InChI=1S/C52H72N4O12Si/c1-50(2,3)66-45(58)42(54-47(60)64-34-36-20-15-13-16-21-36)28-26-38-32-53-33-39(27-29-43(46(59)67-51(4,5)6)55-48(61)65-35-37-22-17-14-18-23-37)40(38)24-19-25-41(56-49(62)68-52(7,8)9)44(57)63-30-31-69(10,11)12/h13-18,20-23,32-33,41-43H,25-31,34-35H2,1-12H3,(H,54,60)(H,55,61)(H,56,62)/t41-,42-,43-/m0/s1. The number of hydrogen-bond donors (Lipinski definition) is 3. The highest BCUT2D eigenvalue weighted by molar-refractivity contribution is 6.76. The van der Waals surface area contributed by atoms with E-state index < -0.39 is 79.2 Å². The fourth-order valence-corrected chi connectivity index (χ4v) is 6.91. The molecule has 3 atom stereocenters. The number of aryl methyl sites for hydroxylation is 2. The Hall–Kier alpha value is -6.41. The summed E-state index contributed by atoms with van der Waals surface area (Å²) in [5.41, 5.74) is 0.437. The molecular formula is C52H72N4O12Si. The first-order valence-corrected chi connectivity index (χ1v) is 26.9. The van der Waals surface area contributed by atoms with Gasteiger partial charge in [-0.05, 0) is 116 Å². The van der Waals surface area contributed by atoms with E-state index in [1.807, 2.05) is 36.4 Å². The second kappa shape index (κ2) is 26.4. The molecule has 1 aromatic heterocycles. The van der Waals surface area contributed by atoms with Gasteiger partial charge in [0.2, 0.25) is 0 Å². The predicted molar refractivity (Wildman–Crippen MR) is 263 cm³/mol. The minimum absolute atomic E-state index is 0.0246. The molecule has 3 rings (SSSR count). The molecule has 0 spiro atoms. The molecule has 0 unspecified atom stereocenters. The largest absolute Gasteiger partial charge is 0.464 e. The molecule has 1 heterocycles. The van der Waals surface area contributed by atoms with E-state index in [2.05, 4.69) is 52.4 Å². The van der Waals surface area contributed by atoms with Crippen LogP contribution in [0.3, 0.4) is 0 Å². The second-order valence-corrected chi connectivity index (χ2v) is 26.3. The van der Waals surface area contributed by atoms with Gasteiger partial charge in [-0.15, -0.1) is 0 Å². The van der Waals surface area contributed by atoms with Crippen LogP contribution in [-0.2, 0) is 68.9 Å². The Bertz CT molecular complexity index is 2120. The van der Waals surface area contributed by atoms with E-state index in [1.165, 1.54) is 0 Å². The Labute approximate surface area is 408 Å². The molecule has 376 valence electrons. The number of nitrogens with one attached hydrogen (secondary N) is 3. The average Bonchev–Trinajstić information content (AvgIpc) is 3.23. The van der Waals surface area contributed by atoms with Gasteiger partial charge in [0.1, 0.15) is 48.1 Å². The van der Waals surface area contributed by atoms with E-state index in [0.29, 0.717) is 22.7 Å². The van der Waals surface area contributed by atoms with Gasteiger partial charge >= 0.3 is 36.2 Å². The van der Waals surface area contributed by atoms with Crippen LogP contribution in [0.5, 0.6) is 0 Å². The van der Waals surface area contributed by atoms with Gasteiger partial charge in [-0.25, -0.2) is 28.8 Å². The molecule has 0 saturated carbocycles. The van der Waals surface area contributed by atoms with Crippen molar-refractivity contribution in [1.82, 2.24) is 20.9 Å². The van der Waals surface area contributed by atoms with Crippen molar-refractivity contribution in [3.8, 4) is 11.8 Å². The average molecular weight is 973 g/mol. The summed E-state index contributed by atoms with van der Waals surface area (Å²) in [7, 11) is -1.57. The lowest BCUT2D eigenvalue weighted by molar-refractivity contribution is -0.158. The van der Waals surface area contributed by atoms with Crippen LogP contribution in [0.2, 0.25) is 25.7 Å². The second-order valence-electron chi connectivity index (χ2n) is 20.7. The van der Waals surface area contributed by atoms with E-state index in [4.69, 9.17) is 28.4 Å². The number of ether oxygens (including phenoxy) is 6. The van der Waals surface area contributed by atoms with E-state index in [-0.39, 0.29) is 51.9 Å². The third-order valence-electron chi connectivity index (χ3n) is 9.49. The van der Waals surface area contributed by atoms with Crippen LogP contribution < -0.4 is 16.0 Å². The molecule has 17 heteroatoms. The van der Waals surface area contributed by atoms with E-state index >= 15 is 0 Å². The van der Waals surface area contributed by atoms with E-state index in [1.54, 1.807) is 99.0 Å². The summed E-state index contributed by atoms with van der Waals surface area (Å²) < 4.78 is 33.4. The van der Waals surface area contributed by atoms with Crippen LogP contribution in [0.1, 0.15) is 109 Å². The lowest BCUT2D eigenvalue weighted by Crippen LogP contribution is -2.44. The molecule has 0 aliphatic carbocycles. The first kappa shape index (κ1) is 56.9. The van der Waals surface area contributed by atoms with Gasteiger partial charge < -0.3 is 44.4 Å². The van der Waals surface area contributed by atoms with Crippen molar-refractivity contribution in [1.29, 1.82) is 0 Å². The maximum Gasteiger partial charge on any atom is 0.408 e. The zero-order valence-electron chi connectivity index (χ0n) is 42.4. The number of rotatable bonds is 20. The van der Waals surface area contributed by atoms with Gasteiger partial charge in [0.25, 0.3) is 0 Å². The molecule has 2 aromatic carbocycles. The summed E-state index contributed by atoms with van der Waals surface area (Å²) in [6.07, 6.45) is 0.780. The number of alkyl carbamates (subject to hydrolysis) is 3. The molecule has 3 N–H and O–H groups in total. The van der Waals surface area contributed by atoms with Gasteiger partial charge in [0.15, 0.2) is 0 Å². The van der Waals surface area contributed by atoms with Crippen molar-refractivity contribution in [2.75, 3.05) is 6.61 Å². The Morgan fingerprint density at radius 2 is 0.986 bits per heavy atom. The Balaban J connectivity index is 2.03. The van der Waals surface area contributed by atoms with Gasteiger partial charge in [0.05, 0.1) is 6.61 Å². The number of aromatic nitrogens is 1. The number of amides is 3. The molecular weight excluding hydrogens is 901 g/mol. The minimum atomic E-state index is -1.57. The van der Waals surface area contributed by atoms with Crippen LogP contribution in [0.25, 0.3) is 0 Å². The highest BCUT2D eigenvalue weighted by atomic mass is 28.3. The number of nitrogens with zero attached hydrogens (tertiary/aromatic N) is 1. The highest BCUT2D eigenvalue weighted by Gasteiger charge is 2.31. The summed E-state index contributed by atoms with van der Waals surface area (Å²) in [4.78, 5) is 84.4. The molecule has 16 nitrogen and oxygen atoms in total. The summed E-state index contributed by atoms with van der Waals surface area (Å²) in [5.74, 6) is 4.16. The molecule has 3 amide bonds. The monoisotopic (exact) mass is 972 g/mol. The Morgan fingerprint density at radius 1 is 0.565 bits per heavy atom. The fourth-order valence-electron chi connectivity index (χ4n) is 6.19. The topological polar surface area (TPSA) is 207 Å². The smallest absolute Gasteiger partial charge is 0.408 e. The fraction of sp³-hybridized carbons (Fsp3) is 0.519. The van der Waals surface area contributed by atoms with Crippen molar-refractivity contribution in [3.63, 3.8) is 0 Å². The van der Waals surface area contributed by atoms with Crippen molar-refractivity contribution in [2.24, 2.45) is 0 Å². The van der Waals surface area contributed by atoms with Crippen molar-refractivity contribution >= 4 is 44.3 Å². The molecule has 3 aromatic rings. The summed E-state index contributed by atoms with van der Waals surface area (Å²) in [6.45, 7) is 22.0. The summed E-state index contributed by atoms with van der Waals surface area (Å²) >= 11 is 0. The maximum atomic E-state index is 13.6. The van der Waals surface area contributed by atoms with Crippen molar-refractivity contribution in [3.05, 3.63) is 101 Å². The van der Waals surface area contributed by atoms with Crippen molar-refractivity contribution < 1.29 is 57.2 Å². The Kier molecular flexibility index (Phi) is 21.8. The normalized spacial score (nSPS) is 12.9. The number of benzene rings is 2. The zero-order chi connectivity index (χ0) is 51.4. The first-order chi connectivity index (χ1) is 32.2. The quantitative estimate of drug-likeness (QED) is 0.0420. The molecule has 69 heavy (non-hydrogen) atoms. The lowest BCUT2D eigenvalue weighted by Gasteiger charge is -2.25. The predicted octanol–water partition coefficient (Wildman–Crippen LogP) is 8.74. The molecule has 0 fully saturated rings. The number of carbonyl (C=O) groups is 6. The van der Waals surface area contributed by atoms with Crippen LogP contribution in [0, 0.1) is 11.8 Å². The number of esters is 3. The van der Waals surface area contributed by atoms with Crippen LogP contribution in [-0.4, -0.2) is 90.8 Å². The van der Waals surface area contributed by atoms with Gasteiger partial charge in [0, 0.05) is 32.5 Å². The lowest BCUT2D eigenvalue weighted by atomic mass is 9.95. The third-order valence-corrected chi connectivity index (χ3v) is 11.2. The van der Waals surface area contributed by atoms with E-state index in [0.717, 1.165) is 11.1 Å². The third kappa shape index (κ3) is 23.9. The summed E-state index contributed by atoms with van der Waals surface area (Å²) in [5, 5.41) is 7.93. The molecule has 0 aliphatic rings. The van der Waals surface area contributed by atoms with Gasteiger partial charge in [-0.3, -0.25) is 4.98 Å². The molecule has 0 aliphatic heterocycles. The number of pyridine rings is 1. The molecule has 0 saturated heterocycles. The molecule has 0 bridgehead atoms. The van der Waals surface area contributed by atoms with Gasteiger partial charge in [-0.1, -0.05) is 92.1 Å². The van der Waals surface area contributed by atoms with Crippen LogP contribution >= 0.6 is 0 Å². The number of carbonyl (C=O) groups excluding carboxylic acids is 6. The minimum Gasteiger partial charge on any atom is -0.464 e. The van der Waals surface area contributed by atoms with E-state index in [9.17, 15) is 28.8 Å². The number of hydrogen-bond acceptors (Lipinski definition) is 13. The zero-order valence-corrected chi connectivity index (χ0v) is 43.4. The first-order valence-electron chi connectivity index (χ1n) is 23.2. The van der Waals surface area contributed by atoms with Crippen LogP contribution in [0.4, 0.5) is 14.4 Å². The maximum absolute atomic E-state index is 13.6. The van der Waals surface area contributed by atoms with Crippen molar-refractivity contribution in [2.45, 2.75) is 168 Å².